The highest BCUT2D eigenvalue weighted by Crippen LogP contribution is 2.25. The fourth-order valence-corrected chi connectivity index (χ4v) is 2.32. The Hall–Kier alpha value is -2.41. The van der Waals surface area contributed by atoms with E-state index < -0.39 is 10.8 Å². The molecule has 0 fully saturated rings. The van der Waals surface area contributed by atoms with E-state index in [4.69, 9.17) is 4.74 Å². The predicted molar refractivity (Wildman–Crippen MR) is 95.5 cm³/mol. The van der Waals surface area contributed by atoms with E-state index >= 15 is 0 Å². The fraction of sp³-hybridized carbons (Fsp3) is 0.235. The van der Waals surface area contributed by atoms with Gasteiger partial charge in [-0.05, 0) is 30.2 Å². The third kappa shape index (κ3) is 4.79. The minimum atomic E-state index is -0.508. The van der Waals surface area contributed by atoms with Crippen LogP contribution in [-0.2, 0) is 0 Å². The van der Waals surface area contributed by atoms with E-state index in [-0.39, 0.29) is 5.69 Å². The Morgan fingerprint density at radius 3 is 2.71 bits per heavy atom. The summed E-state index contributed by atoms with van der Waals surface area (Å²) < 4.78 is 6.42. The van der Waals surface area contributed by atoms with Crippen LogP contribution >= 0.6 is 15.9 Å². The highest BCUT2D eigenvalue weighted by Gasteiger charge is 2.15. The first kappa shape index (κ1) is 17.9. The number of rotatable bonds is 6. The lowest BCUT2D eigenvalue weighted by molar-refractivity contribution is -0.384. The molecule has 6 nitrogen and oxygen atoms in total. The molecule has 0 atom stereocenters. The molecule has 0 saturated carbocycles. The van der Waals surface area contributed by atoms with Gasteiger partial charge in [-0.2, -0.15) is 0 Å². The maximum Gasteiger partial charge on any atom is 0.271 e. The van der Waals surface area contributed by atoms with E-state index in [1.165, 1.54) is 18.2 Å². The molecule has 0 aliphatic heterocycles. The number of non-ortho nitro benzene ring substituents is 1. The number of benzene rings is 2. The third-order valence-electron chi connectivity index (χ3n) is 3.07. The number of amides is 1. The van der Waals surface area contributed by atoms with Gasteiger partial charge in [-0.3, -0.25) is 14.9 Å². The Bertz CT molecular complexity index is 762. The monoisotopic (exact) mass is 392 g/mol. The van der Waals surface area contributed by atoms with Crippen LogP contribution in [0.15, 0.2) is 46.9 Å². The van der Waals surface area contributed by atoms with Crippen molar-refractivity contribution < 1.29 is 14.5 Å². The largest absolute Gasteiger partial charge is 0.492 e. The van der Waals surface area contributed by atoms with Gasteiger partial charge in [0.2, 0.25) is 0 Å². The van der Waals surface area contributed by atoms with Gasteiger partial charge in [-0.1, -0.05) is 35.8 Å². The molecule has 0 heterocycles. The van der Waals surface area contributed by atoms with Crippen LogP contribution in [0.5, 0.6) is 5.75 Å². The molecule has 0 aromatic heterocycles. The van der Waals surface area contributed by atoms with Gasteiger partial charge >= 0.3 is 0 Å². The molecule has 0 spiro atoms. The van der Waals surface area contributed by atoms with Crippen molar-refractivity contribution in [2.24, 2.45) is 5.92 Å². The standard InChI is InChI=1S/C17H17BrN2O4/c1-11(2)10-24-16-7-6-12(18)8-15(16)17(21)19-13-4-3-5-14(9-13)20(22)23/h3-9,11H,10H2,1-2H3,(H,19,21). The van der Waals surface area contributed by atoms with Crippen LogP contribution in [0.25, 0.3) is 0 Å². The Morgan fingerprint density at radius 1 is 1.29 bits per heavy atom. The second-order valence-electron chi connectivity index (χ2n) is 5.61. The minimum Gasteiger partial charge on any atom is -0.492 e. The van der Waals surface area contributed by atoms with Crippen molar-refractivity contribution in [2.75, 3.05) is 11.9 Å². The first-order valence-corrected chi connectivity index (χ1v) is 8.14. The molecule has 2 aromatic carbocycles. The molecule has 7 heteroatoms. The fourth-order valence-electron chi connectivity index (χ4n) is 1.96. The third-order valence-corrected chi connectivity index (χ3v) is 3.57. The van der Waals surface area contributed by atoms with Gasteiger partial charge in [-0.25, -0.2) is 0 Å². The van der Waals surface area contributed by atoms with Gasteiger partial charge in [0.25, 0.3) is 11.6 Å². The molecule has 0 radical (unpaired) electrons. The summed E-state index contributed by atoms with van der Waals surface area (Å²) in [7, 11) is 0. The summed E-state index contributed by atoms with van der Waals surface area (Å²) in [5, 5.41) is 13.5. The average Bonchev–Trinajstić information content (AvgIpc) is 2.53. The van der Waals surface area contributed by atoms with Crippen LogP contribution in [0.2, 0.25) is 0 Å². The second kappa shape index (κ2) is 7.92. The number of nitro groups is 1. The highest BCUT2D eigenvalue weighted by molar-refractivity contribution is 9.10. The second-order valence-corrected chi connectivity index (χ2v) is 6.52. The van der Waals surface area contributed by atoms with Crippen molar-refractivity contribution in [3.05, 3.63) is 62.6 Å². The summed E-state index contributed by atoms with van der Waals surface area (Å²) in [5.74, 6) is 0.395. The summed E-state index contributed by atoms with van der Waals surface area (Å²) >= 11 is 3.34. The van der Waals surface area contributed by atoms with Crippen molar-refractivity contribution in [1.82, 2.24) is 0 Å². The van der Waals surface area contributed by atoms with Gasteiger partial charge in [0.1, 0.15) is 5.75 Å². The van der Waals surface area contributed by atoms with Crippen LogP contribution < -0.4 is 10.1 Å². The Balaban J connectivity index is 2.24. The molecular weight excluding hydrogens is 376 g/mol. The first-order chi connectivity index (χ1) is 11.4. The molecule has 0 bridgehead atoms. The molecular formula is C17H17BrN2O4. The summed E-state index contributed by atoms with van der Waals surface area (Å²) in [4.78, 5) is 22.8. The van der Waals surface area contributed by atoms with Crippen molar-refractivity contribution >= 4 is 33.2 Å². The minimum absolute atomic E-state index is 0.0849. The summed E-state index contributed by atoms with van der Waals surface area (Å²) in [6.07, 6.45) is 0. The smallest absolute Gasteiger partial charge is 0.271 e. The van der Waals surface area contributed by atoms with E-state index in [1.54, 1.807) is 24.3 Å². The van der Waals surface area contributed by atoms with Gasteiger partial charge in [0.05, 0.1) is 17.1 Å². The van der Waals surface area contributed by atoms with Gasteiger partial charge in [0, 0.05) is 22.3 Å². The number of hydrogen-bond donors (Lipinski definition) is 1. The first-order valence-electron chi connectivity index (χ1n) is 7.35. The van der Waals surface area contributed by atoms with Crippen LogP contribution in [0.1, 0.15) is 24.2 Å². The quantitative estimate of drug-likeness (QED) is 0.573. The molecule has 0 saturated heterocycles. The number of halogens is 1. The number of nitro benzene ring substituents is 1. The van der Waals surface area contributed by atoms with Gasteiger partial charge < -0.3 is 10.1 Å². The normalized spacial score (nSPS) is 10.5. The van der Waals surface area contributed by atoms with E-state index in [1.807, 2.05) is 13.8 Å². The molecule has 0 aliphatic carbocycles. The number of ether oxygens (including phenoxy) is 1. The topological polar surface area (TPSA) is 81.5 Å². The van der Waals surface area contributed by atoms with Gasteiger partial charge in [0.15, 0.2) is 0 Å². The molecule has 1 amide bonds. The van der Waals surface area contributed by atoms with Crippen molar-refractivity contribution in [3.63, 3.8) is 0 Å². The van der Waals surface area contributed by atoms with Crippen LogP contribution in [0, 0.1) is 16.0 Å². The zero-order chi connectivity index (χ0) is 17.7. The molecule has 126 valence electrons. The molecule has 2 rings (SSSR count). The highest BCUT2D eigenvalue weighted by atomic mass is 79.9. The van der Waals surface area contributed by atoms with E-state index in [2.05, 4.69) is 21.2 Å². The zero-order valence-electron chi connectivity index (χ0n) is 13.3. The Labute approximate surface area is 148 Å². The maximum atomic E-state index is 12.5. The lowest BCUT2D eigenvalue weighted by Crippen LogP contribution is -2.15. The number of nitrogens with zero attached hydrogens (tertiary/aromatic N) is 1. The van der Waals surface area contributed by atoms with E-state index in [0.717, 1.165) is 4.47 Å². The number of anilines is 1. The van der Waals surface area contributed by atoms with Crippen LogP contribution in [0.3, 0.4) is 0 Å². The summed E-state index contributed by atoms with van der Waals surface area (Å²) in [5.41, 5.74) is 0.624. The molecule has 0 aliphatic rings. The number of carbonyl (C=O) groups excluding carboxylic acids is 1. The SMILES string of the molecule is CC(C)COc1ccc(Br)cc1C(=O)Nc1cccc([N+](=O)[O-])c1. The van der Waals surface area contributed by atoms with Crippen LogP contribution in [0.4, 0.5) is 11.4 Å². The Kier molecular flexibility index (Phi) is 5.92. The number of hydrogen-bond acceptors (Lipinski definition) is 4. The summed E-state index contributed by atoms with van der Waals surface area (Å²) in [6.45, 7) is 4.52. The average molecular weight is 393 g/mol. The van der Waals surface area contributed by atoms with Crippen molar-refractivity contribution in [1.29, 1.82) is 0 Å². The molecule has 1 N–H and O–H groups in total. The lowest BCUT2D eigenvalue weighted by Gasteiger charge is -2.13. The predicted octanol–water partition coefficient (Wildman–Crippen LogP) is 4.64. The van der Waals surface area contributed by atoms with E-state index in [0.29, 0.717) is 29.5 Å². The van der Waals surface area contributed by atoms with Crippen molar-refractivity contribution in [3.8, 4) is 5.75 Å². The van der Waals surface area contributed by atoms with Crippen LogP contribution in [-0.4, -0.2) is 17.4 Å². The zero-order valence-corrected chi connectivity index (χ0v) is 14.9. The number of carbonyl (C=O) groups is 1. The Morgan fingerprint density at radius 2 is 2.04 bits per heavy atom. The van der Waals surface area contributed by atoms with Crippen molar-refractivity contribution in [2.45, 2.75) is 13.8 Å². The summed E-state index contributed by atoms with van der Waals surface area (Å²) in [6, 6.07) is 11.0. The van der Waals surface area contributed by atoms with E-state index in [9.17, 15) is 14.9 Å². The van der Waals surface area contributed by atoms with Gasteiger partial charge in [-0.15, -0.1) is 0 Å². The molecule has 0 unspecified atom stereocenters. The lowest BCUT2D eigenvalue weighted by atomic mass is 10.1. The molecule has 24 heavy (non-hydrogen) atoms. The maximum absolute atomic E-state index is 12.5. The number of nitrogens with one attached hydrogen (secondary N) is 1. The molecule has 2 aromatic rings.